The van der Waals surface area contributed by atoms with Crippen molar-refractivity contribution in [2.24, 2.45) is 0 Å². The Balaban J connectivity index is 1.35. The standard InChI is InChI=1S/C24H31ClN6O2S/c1-3-28-9-11-29(12-10-28)22(32)17-34-24-26-20(25)15-21(27-24)30-13-14-31(18(2)16-30)23(33)19-7-5-4-6-8-19/h4-8,15,18H,3,9-14,16-17H2,1-2H3. The molecule has 0 bridgehead atoms. The van der Waals surface area contributed by atoms with Crippen molar-refractivity contribution in [2.75, 3.05) is 63.0 Å². The second kappa shape index (κ2) is 11.4. The van der Waals surface area contributed by atoms with E-state index in [1.54, 1.807) is 6.07 Å². The number of aromatic nitrogens is 2. The fraction of sp³-hybridized carbons (Fsp3) is 0.500. The maximum atomic E-state index is 12.9. The molecule has 182 valence electrons. The fourth-order valence-electron chi connectivity index (χ4n) is 4.36. The highest BCUT2D eigenvalue weighted by Gasteiger charge is 2.29. The zero-order valence-corrected chi connectivity index (χ0v) is 21.3. The average Bonchev–Trinajstić information content (AvgIpc) is 2.87. The van der Waals surface area contributed by atoms with Gasteiger partial charge >= 0.3 is 0 Å². The van der Waals surface area contributed by atoms with Crippen LogP contribution in [0.2, 0.25) is 5.15 Å². The highest BCUT2D eigenvalue weighted by Crippen LogP contribution is 2.25. The minimum Gasteiger partial charge on any atom is -0.353 e. The molecule has 2 aromatic rings. The summed E-state index contributed by atoms with van der Waals surface area (Å²) in [7, 11) is 0. The Morgan fingerprint density at radius 2 is 1.79 bits per heavy atom. The van der Waals surface area contributed by atoms with Gasteiger partial charge < -0.3 is 19.6 Å². The number of carbonyl (C=O) groups is 2. The monoisotopic (exact) mass is 502 g/mol. The zero-order chi connectivity index (χ0) is 24.1. The molecule has 1 aromatic carbocycles. The summed E-state index contributed by atoms with van der Waals surface area (Å²) in [6, 6.07) is 11.1. The lowest BCUT2D eigenvalue weighted by Crippen LogP contribution is -2.54. The van der Waals surface area contributed by atoms with Crippen LogP contribution in [0.5, 0.6) is 0 Å². The number of piperazine rings is 2. The third kappa shape index (κ3) is 6.00. The van der Waals surface area contributed by atoms with Crippen molar-refractivity contribution in [1.82, 2.24) is 24.7 Å². The quantitative estimate of drug-likeness (QED) is 0.341. The molecule has 2 saturated heterocycles. The molecule has 2 fully saturated rings. The maximum Gasteiger partial charge on any atom is 0.254 e. The molecule has 2 amide bonds. The highest BCUT2D eigenvalue weighted by molar-refractivity contribution is 7.99. The first-order valence-electron chi connectivity index (χ1n) is 11.7. The largest absolute Gasteiger partial charge is 0.353 e. The smallest absolute Gasteiger partial charge is 0.254 e. The number of carbonyl (C=O) groups excluding carboxylic acids is 2. The van der Waals surface area contributed by atoms with Crippen LogP contribution in [0.15, 0.2) is 41.6 Å². The Morgan fingerprint density at radius 1 is 1.06 bits per heavy atom. The van der Waals surface area contributed by atoms with Gasteiger partial charge in [-0.2, -0.15) is 0 Å². The molecule has 1 unspecified atom stereocenters. The molecule has 4 rings (SSSR count). The van der Waals surface area contributed by atoms with Crippen LogP contribution in [0.4, 0.5) is 5.82 Å². The highest BCUT2D eigenvalue weighted by atomic mass is 35.5. The number of thioether (sulfide) groups is 1. The van der Waals surface area contributed by atoms with Gasteiger partial charge in [0.15, 0.2) is 5.16 Å². The molecule has 2 aliphatic rings. The summed E-state index contributed by atoms with van der Waals surface area (Å²) in [5.41, 5.74) is 0.701. The lowest BCUT2D eigenvalue weighted by molar-refractivity contribution is -0.130. The molecule has 2 aliphatic heterocycles. The molecule has 0 saturated carbocycles. The minimum absolute atomic E-state index is 0.0228. The van der Waals surface area contributed by atoms with E-state index in [2.05, 4.69) is 26.7 Å². The molecule has 0 N–H and O–H groups in total. The third-order valence-electron chi connectivity index (χ3n) is 6.39. The van der Waals surface area contributed by atoms with Gasteiger partial charge in [0.05, 0.1) is 5.75 Å². The lowest BCUT2D eigenvalue weighted by Gasteiger charge is -2.40. The predicted molar refractivity (Wildman–Crippen MR) is 136 cm³/mol. The van der Waals surface area contributed by atoms with Crippen LogP contribution in [0.3, 0.4) is 0 Å². The van der Waals surface area contributed by atoms with E-state index in [0.717, 1.165) is 38.5 Å². The summed E-state index contributed by atoms with van der Waals surface area (Å²) in [5, 5.41) is 0.852. The molecule has 0 aliphatic carbocycles. The summed E-state index contributed by atoms with van der Waals surface area (Å²) in [6.07, 6.45) is 0. The Labute approximate surface area is 210 Å². The van der Waals surface area contributed by atoms with E-state index in [1.165, 1.54) is 11.8 Å². The Bertz CT molecular complexity index is 1000. The first-order chi connectivity index (χ1) is 16.4. The summed E-state index contributed by atoms with van der Waals surface area (Å²) < 4.78 is 0. The SMILES string of the molecule is CCN1CCN(C(=O)CSc2nc(Cl)cc(N3CCN(C(=O)c4ccccc4)C(C)C3)n2)CC1. The Kier molecular flexibility index (Phi) is 8.28. The lowest BCUT2D eigenvalue weighted by atomic mass is 10.1. The van der Waals surface area contributed by atoms with Gasteiger partial charge in [-0.3, -0.25) is 9.59 Å². The molecule has 8 nitrogen and oxygen atoms in total. The maximum absolute atomic E-state index is 12.9. The van der Waals surface area contributed by atoms with Crippen molar-refractivity contribution >= 4 is 41.0 Å². The number of benzene rings is 1. The van der Waals surface area contributed by atoms with Gasteiger partial charge in [-0.1, -0.05) is 48.5 Å². The number of anilines is 1. The van der Waals surface area contributed by atoms with Gasteiger partial charge in [-0.15, -0.1) is 0 Å². The second-order valence-electron chi connectivity index (χ2n) is 8.59. The molecule has 34 heavy (non-hydrogen) atoms. The van der Waals surface area contributed by atoms with Crippen molar-refractivity contribution < 1.29 is 9.59 Å². The van der Waals surface area contributed by atoms with Crippen LogP contribution < -0.4 is 4.90 Å². The molecule has 1 atom stereocenters. The predicted octanol–water partition coefficient (Wildman–Crippen LogP) is 2.74. The number of hydrogen-bond acceptors (Lipinski definition) is 7. The van der Waals surface area contributed by atoms with Crippen molar-refractivity contribution in [3.8, 4) is 0 Å². The van der Waals surface area contributed by atoms with E-state index in [9.17, 15) is 9.59 Å². The van der Waals surface area contributed by atoms with Crippen molar-refractivity contribution in [2.45, 2.75) is 25.0 Å². The Morgan fingerprint density at radius 3 is 2.47 bits per heavy atom. The summed E-state index contributed by atoms with van der Waals surface area (Å²) >= 11 is 7.63. The van der Waals surface area contributed by atoms with Crippen LogP contribution in [-0.2, 0) is 4.79 Å². The van der Waals surface area contributed by atoms with E-state index in [4.69, 9.17) is 11.6 Å². The van der Waals surface area contributed by atoms with E-state index in [-0.39, 0.29) is 17.9 Å². The van der Waals surface area contributed by atoms with Crippen molar-refractivity contribution in [3.05, 3.63) is 47.1 Å². The van der Waals surface area contributed by atoms with Crippen LogP contribution in [0, 0.1) is 0 Å². The van der Waals surface area contributed by atoms with E-state index in [1.807, 2.05) is 47.1 Å². The number of hydrogen-bond donors (Lipinski definition) is 0. The molecule has 1 aromatic heterocycles. The first kappa shape index (κ1) is 24.8. The average molecular weight is 503 g/mol. The number of amides is 2. The van der Waals surface area contributed by atoms with Gasteiger partial charge in [-0.05, 0) is 25.6 Å². The van der Waals surface area contributed by atoms with Gasteiger partial charge in [0, 0.05) is 63.5 Å². The van der Waals surface area contributed by atoms with E-state index in [0.29, 0.717) is 41.3 Å². The van der Waals surface area contributed by atoms with Crippen molar-refractivity contribution in [3.63, 3.8) is 0 Å². The van der Waals surface area contributed by atoms with Gasteiger partial charge in [0.25, 0.3) is 5.91 Å². The van der Waals surface area contributed by atoms with Gasteiger partial charge in [-0.25, -0.2) is 9.97 Å². The fourth-order valence-corrected chi connectivity index (χ4v) is 5.34. The summed E-state index contributed by atoms with van der Waals surface area (Å²) in [6.45, 7) is 10.5. The van der Waals surface area contributed by atoms with Crippen LogP contribution >= 0.6 is 23.4 Å². The Hall–Kier alpha value is -2.36. The number of nitrogens with zero attached hydrogens (tertiary/aromatic N) is 6. The topological polar surface area (TPSA) is 72.9 Å². The normalized spacial score (nSPS) is 19.4. The van der Waals surface area contributed by atoms with Gasteiger partial charge in [0.1, 0.15) is 11.0 Å². The zero-order valence-electron chi connectivity index (χ0n) is 19.7. The minimum atomic E-state index is 0.0228. The number of rotatable bonds is 6. The molecule has 10 heteroatoms. The van der Waals surface area contributed by atoms with E-state index < -0.39 is 0 Å². The first-order valence-corrected chi connectivity index (χ1v) is 13.1. The van der Waals surface area contributed by atoms with Crippen molar-refractivity contribution in [1.29, 1.82) is 0 Å². The van der Waals surface area contributed by atoms with Crippen LogP contribution in [-0.4, -0.2) is 101 Å². The number of halogens is 1. The third-order valence-corrected chi connectivity index (χ3v) is 7.42. The van der Waals surface area contributed by atoms with E-state index >= 15 is 0 Å². The van der Waals surface area contributed by atoms with Crippen LogP contribution in [0.1, 0.15) is 24.2 Å². The molecular weight excluding hydrogens is 472 g/mol. The summed E-state index contributed by atoms with van der Waals surface area (Å²) in [5.74, 6) is 1.17. The number of likely N-dealkylation sites (N-methyl/N-ethyl adjacent to an activating group) is 1. The van der Waals surface area contributed by atoms with Crippen LogP contribution in [0.25, 0.3) is 0 Å². The van der Waals surface area contributed by atoms with Gasteiger partial charge in [0.2, 0.25) is 5.91 Å². The molecule has 0 spiro atoms. The molecule has 3 heterocycles. The summed E-state index contributed by atoms with van der Waals surface area (Å²) in [4.78, 5) is 42.8. The molecule has 0 radical (unpaired) electrons. The second-order valence-corrected chi connectivity index (χ2v) is 9.92. The molecular formula is C24H31ClN6O2S.